The number of likely N-dealkylation sites (tertiary alicyclic amines) is 1. The van der Waals surface area contributed by atoms with Gasteiger partial charge in [-0.1, -0.05) is 52.3 Å². The second-order valence-corrected chi connectivity index (χ2v) is 23.7. The largest absolute Gasteiger partial charge is 0.480 e. The first-order valence-electron chi connectivity index (χ1n) is 27.8. The van der Waals surface area contributed by atoms with Gasteiger partial charge >= 0.3 is 23.9 Å². The van der Waals surface area contributed by atoms with E-state index in [4.69, 9.17) is 39.0 Å². The molecule has 0 aliphatic carbocycles. The van der Waals surface area contributed by atoms with Gasteiger partial charge in [0.1, 0.15) is 46.8 Å². The SMILES string of the molecule is CCOC(=O)C1=C(C)NC(c2nccs2)=N[C@@]1(C)c1ccc(F)cc1.CCOC(=O)C1=C(CBr)NC(c2nccs2)=N[C@@]1(C)c1ccc(F)cc1.CCOC(=O)C1=C(CN2CCC(OCC(=O)O)C(F)(F)C2)NC(c2nccs2)=N[C@@]1(C)c1ccc(F)cc1. The molecule has 3 aromatic carbocycles. The predicted molar refractivity (Wildman–Crippen MR) is 330 cm³/mol. The van der Waals surface area contributed by atoms with Crippen LogP contribution in [-0.4, -0.2) is 130 Å². The minimum absolute atomic E-state index is 0.0720. The number of aliphatic imine (C=N–C) groups is 3. The molecule has 0 radical (unpaired) electrons. The molecule has 28 heteroatoms. The lowest BCUT2D eigenvalue weighted by atomic mass is 9.82. The molecule has 0 spiro atoms. The number of nitrogens with zero attached hydrogens (tertiary/aromatic N) is 7. The van der Waals surface area contributed by atoms with Crippen molar-refractivity contribution in [2.45, 2.75) is 83.5 Å². The number of aliphatic carboxylic acids is 1. The van der Waals surface area contributed by atoms with Crippen LogP contribution in [0.3, 0.4) is 0 Å². The first-order chi connectivity index (χ1) is 42.5. The Morgan fingerprint density at radius 2 is 0.978 bits per heavy atom. The van der Waals surface area contributed by atoms with Crippen molar-refractivity contribution in [1.82, 2.24) is 35.8 Å². The summed E-state index contributed by atoms with van der Waals surface area (Å²) >= 11 is 7.63. The number of carboxylic acid groups (broad SMARTS) is 1. The summed E-state index contributed by atoms with van der Waals surface area (Å²) in [5.74, 6) is -5.91. The topological polar surface area (TPSA) is 241 Å². The fourth-order valence-corrected chi connectivity index (χ4v) is 12.5. The summed E-state index contributed by atoms with van der Waals surface area (Å²) in [5.41, 5.74) is 1.02. The van der Waals surface area contributed by atoms with Crippen LogP contribution in [0.5, 0.6) is 0 Å². The number of halogens is 6. The number of aromatic nitrogens is 3. The highest BCUT2D eigenvalue weighted by atomic mass is 79.9. The van der Waals surface area contributed by atoms with Crippen LogP contribution in [0.2, 0.25) is 0 Å². The van der Waals surface area contributed by atoms with E-state index >= 15 is 0 Å². The maximum atomic E-state index is 14.9. The van der Waals surface area contributed by atoms with Gasteiger partial charge in [0.05, 0.1) is 43.1 Å². The number of hydrogen-bond donors (Lipinski definition) is 4. The molecular formula is C61H62BrF5N10O9S3. The van der Waals surface area contributed by atoms with E-state index in [9.17, 15) is 41.1 Å². The van der Waals surface area contributed by atoms with Crippen molar-refractivity contribution in [3.63, 3.8) is 0 Å². The standard InChI is InChI=1S/C25H27F3N4O5S.C18H17BrFN3O2S.C18H18FN3O2S/c1-3-36-23(35)20-17(12-32-10-8-18(25(27,28)14-32)37-13-19(33)34)30-21(22-29-9-11-38-22)31-24(20,2)15-4-6-16(26)7-5-15;1-3-25-17(24)14-13(10-19)22-15(16-21-8-9-26-16)23-18(14,2)11-4-6-12(20)7-5-11;1-4-24-17(23)14-11(2)21-15(16-20-9-10-25-16)22-18(14,3)12-5-7-13(19)8-6-12/h4-7,9,11,18H,3,8,10,12-14H2,1-2H3,(H,30,31)(H,33,34);4-9H,3,10H2,1-2H3,(H,22,23);5-10H,4H2,1-3H3,(H,21,22)/t18?,24-;2*18-/m000/s1. The van der Waals surface area contributed by atoms with Crippen LogP contribution in [0.1, 0.15) is 86.6 Å². The second kappa shape index (κ2) is 29.2. The van der Waals surface area contributed by atoms with E-state index in [1.54, 1.807) is 82.9 Å². The van der Waals surface area contributed by atoms with Gasteiger partial charge in [0.2, 0.25) is 0 Å². The van der Waals surface area contributed by atoms with E-state index in [2.05, 4.69) is 46.8 Å². The Morgan fingerprint density at radius 1 is 0.607 bits per heavy atom. The molecule has 470 valence electrons. The molecule has 4 aliphatic rings. The average Bonchev–Trinajstić information content (AvgIpc) is 1.37. The molecule has 0 bridgehead atoms. The molecule has 7 heterocycles. The molecule has 4 N–H and O–H groups in total. The molecule has 6 aromatic rings. The van der Waals surface area contributed by atoms with E-state index < -0.39 is 71.5 Å². The number of amidine groups is 3. The molecule has 10 rings (SSSR count). The van der Waals surface area contributed by atoms with Crippen molar-refractivity contribution in [2.75, 3.05) is 51.4 Å². The third kappa shape index (κ3) is 15.4. The minimum Gasteiger partial charge on any atom is -0.480 e. The lowest BCUT2D eigenvalue weighted by Gasteiger charge is -2.40. The molecule has 19 nitrogen and oxygen atoms in total. The Labute approximate surface area is 529 Å². The van der Waals surface area contributed by atoms with Crippen LogP contribution in [0.4, 0.5) is 22.0 Å². The monoisotopic (exact) mass is 1350 g/mol. The zero-order chi connectivity index (χ0) is 64.3. The minimum atomic E-state index is -3.32. The molecule has 1 saturated heterocycles. The predicted octanol–water partition coefficient (Wildman–Crippen LogP) is 10.3. The van der Waals surface area contributed by atoms with Gasteiger partial charge in [-0.15, -0.1) is 34.0 Å². The smallest absolute Gasteiger partial charge is 0.338 e. The Bertz CT molecular complexity index is 3700. The summed E-state index contributed by atoms with van der Waals surface area (Å²) in [5, 5.41) is 26.1. The van der Waals surface area contributed by atoms with E-state index in [0.29, 0.717) is 77.8 Å². The van der Waals surface area contributed by atoms with E-state index in [0.717, 1.165) is 5.01 Å². The quantitative estimate of drug-likeness (QED) is 0.0271. The van der Waals surface area contributed by atoms with Gasteiger partial charge in [-0.25, -0.2) is 71.1 Å². The summed E-state index contributed by atoms with van der Waals surface area (Å²) in [6.45, 7) is 11.4. The van der Waals surface area contributed by atoms with E-state index in [-0.39, 0.29) is 56.5 Å². The first-order valence-corrected chi connectivity index (χ1v) is 31.5. The number of rotatable bonds is 18. The van der Waals surface area contributed by atoms with E-state index in [1.165, 1.54) is 87.4 Å². The molecule has 4 aliphatic heterocycles. The summed E-state index contributed by atoms with van der Waals surface area (Å²) in [7, 11) is 0. The number of alkyl halides is 3. The Balaban J connectivity index is 0.000000178. The van der Waals surface area contributed by atoms with Crippen LogP contribution in [0.15, 0.2) is 156 Å². The third-order valence-electron chi connectivity index (χ3n) is 14.4. The van der Waals surface area contributed by atoms with Crippen molar-refractivity contribution in [3.8, 4) is 0 Å². The van der Waals surface area contributed by atoms with Crippen molar-refractivity contribution < 1.29 is 65.2 Å². The first kappa shape index (κ1) is 67.0. The van der Waals surface area contributed by atoms with Crippen molar-refractivity contribution in [3.05, 3.63) is 191 Å². The second-order valence-electron chi connectivity index (χ2n) is 20.5. The van der Waals surface area contributed by atoms with Gasteiger partial charge < -0.3 is 40.0 Å². The van der Waals surface area contributed by atoms with E-state index in [1.807, 2.05) is 24.6 Å². The van der Waals surface area contributed by atoms with Gasteiger partial charge in [-0.2, -0.15) is 0 Å². The summed E-state index contributed by atoms with van der Waals surface area (Å²) < 4.78 is 91.1. The average molecular weight is 1350 g/mol. The normalized spacial score (nSPS) is 21.4. The number of hydrogen-bond acceptors (Lipinski definition) is 21. The Kier molecular flexibility index (Phi) is 22.0. The van der Waals surface area contributed by atoms with Crippen molar-refractivity contribution in [1.29, 1.82) is 0 Å². The van der Waals surface area contributed by atoms with Gasteiger partial charge in [0.25, 0.3) is 5.92 Å². The molecular weight excluding hydrogens is 1290 g/mol. The highest BCUT2D eigenvalue weighted by molar-refractivity contribution is 9.09. The Hall–Kier alpha value is -7.89. The molecule has 0 saturated carbocycles. The molecule has 4 atom stereocenters. The molecule has 1 unspecified atom stereocenters. The number of ether oxygens (including phenoxy) is 4. The lowest BCUT2D eigenvalue weighted by molar-refractivity contribution is -0.180. The number of piperidine rings is 1. The van der Waals surface area contributed by atoms with Crippen LogP contribution in [0.25, 0.3) is 0 Å². The zero-order valence-electron chi connectivity index (χ0n) is 49.2. The number of benzene rings is 3. The van der Waals surface area contributed by atoms with Gasteiger partial charge in [0, 0.05) is 70.2 Å². The van der Waals surface area contributed by atoms with Crippen LogP contribution in [0, 0.1) is 17.5 Å². The highest BCUT2D eigenvalue weighted by Crippen LogP contribution is 2.43. The number of carbonyl (C=O) groups is 4. The van der Waals surface area contributed by atoms with Gasteiger partial charge in [0.15, 0.2) is 32.5 Å². The number of carboxylic acids is 1. The number of allylic oxidation sites excluding steroid dienone is 2. The molecule has 89 heavy (non-hydrogen) atoms. The number of carbonyl (C=O) groups excluding carboxylic acids is 3. The lowest BCUT2D eigenvalue weighted by Crippen LogP contribution is -2.54. The zero-order valence-corrected chi connectivity index (χ0v) is 53.2. The number of nitrogens with one attached hydrogen (secondary N) is 3. The fraction of sp³-hybridized carbons (Fsp3) is 0.344. The van der Waals surface area contributed by atoms with Crippen LogP contribution >= 0.6 is 49.9 Å². The van der Waals surface area contributed by atoms with Crippen molar-refractivity contribution in [2.24, 2.45) is 15.0 Å². The van der Waals surface area contributed by atoms with Crippen LogP contribution in [-0.2, 0) is 54.7 Å². The number of esters is 3. The fourth-order valence-electron chi connectivity index (χ4n) is 10.4. The maximum absolute atomic E-state index is 14.9. The molecule has 3 aromatic heterocycles. The highest BCUT2D eigenvalue weighted by Gasteiger charge is 2.49. The van der Waals surface area contributed by atoms with Crippen LogP contribution < -0.4 is 16.0 Å². The summed E-state index contributed by atoms with van der Waals surface area (Å²) in [4.78, 5) is 78.1. The maximum Gasteiger partial charge on any atom is 0.338 e. The Morgan fingerprint density at radius 3 is 1.34 bits per heavy atom. The number of thiazole rings is 3. The van der Waals surface area contributed by atoms with Gasteiger partial charge in [-0.3, -0.25) is 4.90 Å². The van der Waals surface area contributed by atoms with Crippen molar-refractivity contribution >= 4 is 91.3 Å². The van der Waals surface area contributed by atoms with Gasteiger partial charge in [-0.05, 0) is 108 Å². The third-order valence-corrected chi connectivity index (χ3v) is 17.3. The molecule has 1 fully saturated rings. The summed E-state index contributed by atoms with van der Waals surface area (Å²) in [6.07, 6.45) is 3.33. The molecule has 0 amide bonds. The summed E-state index contributed by atoms with van der Waals surface area (Å²) in [6, 6.07) is 17.5.